The van der Waals surface area contributed by atoms with Crippen molar-refractivity contribution in [2.24, 2.45) is 0 Å². The van der Waals surface area contributed by atoms with Crippen molar-refractivity contribution in [2.45, 2.75) is 149 Å². The molecule has 1 rings (SSSR count). The van der Waals surface area contributed by atoms with Crippen LogP contribution in [0.1, 0.15) is 99.8 Å². The van der Waals surface area contributed by atoms with Gasteiger partial charge >= 0.3 is 0 Å². The molecule has 0 aromatic heterocycles. The Morgan fingerprint density at radius 3 is 1.51 bits per heavy atom. The van der Waals surface area contributed by atoms with Crippen molar-refractivity contribution >= 4 is 8.32 Å². The molecule has 210 valence electrons. The van der Waals surface area contributed by atoms with E-state index >= 15 is 0 Å². The number of unbranched alkanes of at least 4 members (excludes halogenated alkanes) is 4. The van der Waals surface area contributed by atoms with Crippen LogP contribution in [0.25, 0.3) is 0 Å². The molecule has 0 aliphatic carbocycles. The molecule has 1 heterocycles. The minimum Gasteiger partial charge on any atom is -0.414 e. The molecule has 0 bridgehead atoms. The Morgan fingerprint density at radius 1 is 0.629 bits per heavy atom. The fraction of sp³-hybridized carbons (Fsp3) is 1.00. The van der Waals surface area contributed by atoms with Crippen LogP contribution in [0.5, 0.6) is 0 Å². The van der Waals surface area contributed by atoms with Crippen LogP contribution in [-0.2, 0) is 28.1 Å². The van der Waals surface area contributed by atoms with Gasteiger partial charge in [-0.05, 0) is 43.8 Å². The molecule has 0 aromatic rings. The van der Waals surface area contributed by atoms with Crippen molar-refractivity contribution in [2.75, 3.05) is 33.0 Å². The lowest BCUT2D eigenvalue weighted by Gasteiger charge is -2.47. The van der Waals surface area contributed by atoms with E-state index in [4.69, 9.17) is 28.1 Å². The van der Waals surface area contributed by atoms with Gasteiger partial charge in [-0.15, -0.1) is 0 Å². The fourth-order valence-electron chi connectivity index (χ4n) is 3.66. The van der Waals surface area contributed by atoms with Crippen LogP contribution in [0.3, 0.4) is 0 Å². The van der Waals surface area contributed by atoms with Gasteiger partial charge in [-0.2, -0.15) is 0 Å². The van der Waals surface area contributed by atoms with Gasteiger partial charge in [-0.3, -0.25) is 0 Å². The van der Waals surface area contributed by atoms with Crippen LogP contribution >= 0.6 is 0 Å². The van der Waals surface area contributed by atoms with Crippen LogP contribution in [0.15, 0.2) is 0 Å². The van der Waals surface area contributed by atoms with Gasteiger partial charge in [0.15, 0.2) is 14.6 Å². The summed E-state index contributed by atoms with van der Waals surface area (Å²) in [5.41, 5.74) is 0. The summed E-state index contributed by atoms with van der Waals surface area (Å²) >= 11 is 0. The Morgan fingerprint density at radius 2 is 1.06 bits per heavy atom. The molecule has 1 fully saturated rings. The minimum atomic E-state index is -1.95. The molecular weight excluding hydrogens is 460 g/mol. The highest BCUT2D eigenvalue weighted by Crippen LogP contribution is 2.38. The molecule has 1 aliphatic heterocycles. The van der Waals surface area contributed by atoms with Gasteiger partial charge in [-0.1, -0.05) is 74.1 Å². The maximum Gasteiger partial charge on any atom is 0.192 e. The van der Waals surface area contributed by atoms with Crippen molar-refractivity contribution in [1.82, 2.24) is 0 Å². The van der Waals surface area contributed by atoms with Crippen molar-refractivity contribution < 1.29 is 28.1 Å². The van der Waals surface area contributed by atoms with E-state index in [2.05, 4.69) is 61.6 Å². The third kappa shape index (κ3) is 11.5. The molecule has 1 saturated heterocycles. The Bertz CT molecular complexity index is 524. The van der Waals surface area contributed by atoms with Gasteiger partial charge in [-0.25, -0.2) is 0 Å². The lowest BCUT2D eigenvalue weighted by molar-refractivity contribution is -0.321. The van der Waals surface area contributed by atoms with Crippen molar-refractivity contribution in [1.29, 1.82) is 0 Å². The summed E-state index contributed by atoms with van der Waals surface area (Å²) in [5, 5.41) is 0.125. The van der Waals surface area contributed by atoms with Gasteiger partial charge in [0.25, 0.3) is 0 Å². The van der Waals surface area contributed by atoms with E-state index in [0.717, 1.165) is 51.4 Å². The molecule has 0 radical (unpaired) electrons. The number of hydrogen-bond acceptors (Lipinski definition) is 6. The Hall–Kier alpha value is -0.0231. The maximum atomic E-state index is 6.63. The number of rotatable bonds is 19. The molecule has 0 saturated carbocycles. The number of hydrogen-bond donors (Lipinski definition) is 0. The predicted octanol–water partition coefficient (Wildman–Crippen LogP) is 7.11. The van der Waals surface area contributed by atoms with Crippen molar-refractivity contribution in [3.63, 3.8) is 0 Å². The Kier molecular flexibility index (Phi) is 16.5. The molecular formula is C28H58O6Si. The summed E-state index contributed by atoms with van der Waals surface area (Å²) in [6, 6.07) is 0. The van der Waals surface area contributed by atoms with Crippen molar-refractivity contribution in [3.05, 3.63) is 0 Å². The Labute approximate surface area is 218 Å². The minimum absolute atomic E-state index is 0.125. The first-order valence-electron chi connectivity index (χ1n) is 14.4. The molecule has 0 amide bonds. The van der Waals surface area contributed by atoms with Gasteiger partial charge < -0.3 is 28.1 Å². The standard InChI is InChI=1S/C28H58O6Si/c1-10-14-18-29-24-23(22-33-35(8,9)28(5,6)7)34-27(32-21-17-13-4)26(31-20-16-12-3)25(24)30-19-15-11-2/h23-27H,10-22H2,1-9H3/t23?,24-,25?,26+,27?/m1/s1. The van der Waals surface area contributed by atoms with Gasteiger partial charge in [0, 0.05) is 26.4 Å². The van der Waals surface area contributed by atoms with Crippen LogP contribution in [0.4, 0.5) is 0 Å². The first kappa shape index (κ1) is 33.0. The largest absolute Gasteiger partial charge is 0.414 e. The van der Waals surface area contributed by atoms with Crippen LogP contribution in [0.2, 0.25) is 18.1 Å². The second kappa shape index (κ2) is 17.5. The monoisotopic (exact) mass is 518 g/mol. The number of ether oxygens (including phenoxy) is 5. The molecule has 5 atom stereocenters. The zero-order valence-electron chi connectivity index (χ0n) is 24.5. The summed E-state index contributed by atoms with van der Waals surface area (Å²) in [4.78, 5) is 0. The van der Waals surface area contributed by atoms with Gasteiger partial charge in [0.2, 0.25) is 0 Å². The summed E-state index contributed by atoms with van der Waals surface area (Å²) in [6.45, 7) is 23.2. The highest BCUT2D eigenvalue weighted by atomic mass is 28.4. The zero-order chi connectivity index (χ0) is 26.3. The smallest absolute Gasteiger partial charge is 0.192 e. The van der Waals surface area contributed by atoms with Gasteiger partial charge in [0.05, 0.1) is 6.61 Å². The average Bonchev–Trinajstić information content (AvgIpc) is 2.80. The van der Waals surface area contributed by atoms with E-state index in [1.54, 1.807) is 0 Å². The normalized spacial score (nSPS) is 25.8. The summed E-state index contributed by atoms with van der Waals surface area (Å²) in [7, 11) is -1.95. The quantitative estimate of drug-likeness (QED) is 0.134. The fourth-order valence-corrected chi connectivity index (χ4v) is 4.67. The molecule has 0 N–H and O–H groups in total. The van der Waals surface area contributed by atoms with E-state index in [-0.39, 0.29) is 29.5 Å². The maximum absolute atomic E-state index is 6.63. The van der Waals surface area contributed by atoms with Crippen LogP contribution < -0.4 is 0 Å². The third-order valence-electron chi connectivity index (χ3n) is 7.21. The molecule has 6 nitrogen and oxygen atoms in total. The molecule has 3 unspecified atom stereocenters. The SMILES string of the molecule is CCCCOC1OC(CO[Si](C)(C)C(C)(C)C)[C@@H](OCCCC)C(OCCCC)[C@@H]1OCCCC. The molecule has 7 heteroatoms. The van der Waals surface area contributed by atoms with E-state index in [1.807, 2.05) is 0 Å². The third-order valence-corrected chi connectivity index (χ3v) is 11.7. The second-order valence-electron chi connectivity index (χ2n) is 11.4. The molecule has 35 heavy (non-hydrogen) atoms. The molecule has 1 aliphatic rings. The van der Waals surface area contributed by atoms with E-state index in [9.17, 15) is 0 Å². The summed E-state index contributed by atoms with van der Waals surface area (Å²) in [5.74, 6) is 0. The molecule has 0 aromatic carbocycles. The molecule has 0 spiro atoms. The first-order chi connectivity index (χ1) is 16.6. The second-order valence-corrected chi connectivity index (χ2v) is 16.2. The average molecular weight is 519 g/mol. The lowest BCUT2D eigenvalue weighted by atomic mass is 9.98. The lowest BCUT2D eigenvalue weighted by Crippen LogP contribution is -2.62. The highest BCUT2D eigenvalue weighted by Gasteiger charge is 2.49. The zero-order valence-corrected chi connectivity index (χ0v) is 25.5. The topological polar surface area (TPSA) is 55.4 Å². The summed E-state index contributed by atoms with van der Waals surface area (Å²) < 4.78 is 38.9. The van der Waals surface area contributed by atoms with Crippen LogP contribution in [-0.4, -0.2) is 72.1 Å². The van der Waals surface area contributed by atoms with E-state index < -0.39 is 14.6 Å². The Balaban J connectivity index is 3.21. The van der Waals surface area contributed by atoms with Crippen LogP contribution in [0, 0.1) is 0 Å². The predicted molar refractivity (Wildman–Crippen MR) is 147 cm³/mol. The van der Waals surface area contributed by atoms with E-state index in [1.165, 1.54) is 0 Å². The summed E-state index contributed by atoms with van der Waals surface area (Å²) in [6.07, 6.45) is 6.77. The van der Waals surface area contributed by atoms with E-state index in [0.29, 0.717) is 33.0 Å². The van der Waals surface area contributed by atoms with Gasteiger partial charge in [0.1, 0.15) is 24.4 Å². The van der Waals surface area contributed by atoms with Crippen molar-refractivity contribution in [3.8, 4) is 0 Å². The highest BCUT2D eigenvalue weighted by molar-refractivity contribution is 6.74. The first-order valence-corrected chi connectivity index (χ1v) is 17.3.